The minimum atomic E-state index is 0.452. The molecule has 1 heterocycles. The molecule has 1 unspecified atom stereocenters. The molecule has 21 heavy (non-hydrogen) atoms. The van der Waals surface area contributed by atoms with Gasteiger partial charge in [-0.25, -0.2) is 4.98 Å². The largest absolute Gasteiger partial charge is 0.341 e. The first kappa shape index (κ1) is 12.6. The maximum Gasteiger partial charge on any atom is 0.121 e. The Bertz CT molecular complexity index is 755. The number of nitrogens with zero attached hydrogens (tertiary/aromatic N) is 1. The van der Waals surface area contributed by atoms with Crippen molar-refractivity contribution in [3.05, 3.63) is 65.0 Å². The highest BCUT2D eigenvalue weighted by Crippen LogP contribution is 2.31. The van der Waals surface area contributed by atoms with Gasteiger partial charge in [-0.2, -0.15) is 0 Å². The number of imidazole rings is 1. The maximum absolute atomic E-state index is 4.63. The van der Waals surface area contributed by atoms with E-state index in [1.54, 1.807) is 0 Å². The molecule has 0 fully saturated rings. The number of fused-ring (bicyclic) bond motifs is 2. The molecule has 106 valence electrons. The van der Waals surface area contributed by atoms with Crippen molar-refractivity contribution in [1.29, 1.82) is 0 Å². The predicted octanol–water partition coefficient (Wildman–Crippen LogP) is 3.65. The van der Waals surface area contributed by atoms with Gasteiger partial charge >= 0.3 is 0 Å². The van der Waals surface area contributed by atoms with Gasteiger partial charge in [-0.3, -0.25) is 0 Å². The number of hydrogen-bond acceptors (Lipinski definition) is 2. The lowest BCUT2D eigenvalue weighted by molar-refractivity contribution is 0.521. The summed E-state index contributed by atoms with van der Waals surface area (Å²) in [4.78, 5) is 8.01. The molecule has 0 saturated carbocycles. The van der Waals surface area contributed by atoms with E-state index in [1.165, 1.54) is 29.5 Å². The third-order valence-electron chi connectivity index (χ3n) is 4.33. The van der Waals surface area contributed by atoms with Gasteiger partial charge in [0, 0.05) is 6.04 Å². The van der Waals surface area contributed by atoms with Gasteiger partial charge in [0.1, 0.15) is 5.82 Å². The molecular formula is C18H19N3. The number of rotatable bonds is 3. The minimum Gasteiger partial charge on any atom is -0.341 e. The maximum atomic E-state index is 4.63. The Morgan fingerprint density at radius 2 is 2.14 bits per heavy atom. The Labute approximate surface area is 124 Å². The number of aromatic amines is 1. The SMILES string of the molecule is Cc1ccc2c(c1)C(NCc1nc3ccccc3[nH]1)CC2. The Morgan fingerprint density at radius 3 is 3.05 bits per heavy atom. The van der Waals surface area contributed by atoms with E-state index in [-0.39, 0.29) is 0 Å². The molecule has 1 aliphatic carbocycles. The molecule has 3 nitrogen and oxygen atoms in total. The van der Waals surface area contributed by atoms with Crippen molar-refractivity contribution in [3.8, 4) is 0 Å². The van der Waals surface area contributed by atoms with Crippen molar-refractivity contribution < 1.29 is 0 Å². The Kier molecular flexibility index (Phi) is 3.00. The molecular weight excluding hydrogens is 258 g/mol. The van der Waals surface area contributed by atoms with Crippen molar-refractivity contribution >= 4 is 11.0 Å². The van der Waals surface area contributed by atoms with Crippen LogP contribution in [0.1, 0.15) is 35.0 Å². The van der Waals surface area contributed by atoms with E-state index < -0.39 is 0 Å². The summed E-state index contributed by atoms with van der Waals surface area (Å²) < 4.78 is 0. The zero-order valence-corrected chi connectivity index (χ0v) is 12.2. The lowest BCUT2D eigenvalue weighted by Gasteiger charge is -2.13. The molecule has 0 radical (unpaired) electrons. The summed E-state index contributed by atoms with van der Waals surface area (Å²) in [5.41, 5.74) is 6.44. The van der Waals surface area contributed by atoms with Gasteiger partial charge in [0.25, 0.3) is 0 Å². The van der Waals surface area contributed by atoms with E-state index in [0.29, 0.717) is 6.04 Å². The second-order valence-corrected chi connectivity index (χ2v) is 5.88. The highest BCUT2D eigenvalue weighted by molar-refractivity contribution is 5.74. The van der Waals surface area contributed by atoms with Gasteiger partial charge in [-0.05, 0) is 43.0 Å². The number of benzene rings is 2. The van der Waals surface area contributed by atoms with E-state index in [9.17, 15) is 0 Å². The van der Waals surface area contributed by atoms with Crippen LogP contribution in [0.3, 0.4) is 0 Å². The zero-order valence-electron chi connectivity index (χ0n) is 12.2. The zero-order chi connectivity index (χ0) is 14.2. The molecule has 0 amide bonds. The molecule has 0 saturated heterocycles. The normalized spacial score (nSPS) is 17.3. The first-order valence-electron chi connectivity index (χ1n) is 7.56. The molecule has 3 aromatic rings. The second kappa shape index (κ2) is 5.01. The van der Waals surface area contributed by atoms with Gasteiger partial charge in [0.2, 0.25) is 0 Å². The summed E-state index contributed by atoms with van der Waals surface area (Å²) in [6, 6.07) is 15.4. The molecule has 1 aliphatic rings. The topological polar surface area (TPSA) is 40.7 Å². The smallest absolute Gasteiger partial charge is 0.121 e. The van der Waals surface area contributed by atoms with Crippen LogP contribution >= 0.6 is 0 Å². The standard InChI is InChI=1S/C18H19N3/c1-12-6-7-13-8-9-15(14(13)10-12)19-11-18-20-16-4-2-3-5-17(16)21-18/h2-7,10,15,19H,8-9,11H2,1H3,(H,20,21). The van der Waals surface area contributed by atoms with Crippen LogP contribution in [0.15, 0.2) is 42.5 Å². The number of aryl methyl sites for hydroxylation is 2. The van der Waals surface area contributed by atoms with E-state index in [0.717, 1.165) is 23.4 Å². The Hall–Kier alpha value is -2.13. The average Bonchev–Trinajstić information content (AvgIpc) is 3.07. The summed E-state index contributed by atoms with van der Waals surface area (Å²) in [7, 11) is 0. The van der Waals surface area contributed by atoms with Crippen LogP contribution in [0, 0.1) is 6.92 Å². The first-order valence-corrected chi connectivity index (χ1v) is 7.56. The van der Waals surface area contributed by atoms with E-state index in [1.807, 2.05) is 18.2 Å². The van der Waals surface area contributed by atoms with Crippen molar-refractivity contribution in [3.63, 3.8) is 0 Å². The van der Waals surface area contributed by atoms with Crippen LogP contribution in [0.4, 0.5) is 0 Å². The van der Waals surface area contributed by atoms with Crippen molar-refractivity contribution in [2.75, 3.05) is 0 Å². The number of H-pyrrole nitrogens is 1. The molecule has 2 aromatic carbocycles. The monoisotopic (exact) mass is 277 g/mol. The van der Waals surface area contributed by atoms with Crippen molar-refractivity contribution in [2.45, 2.75) is 32.4 Å². The first-order chi connectivity index (χ1) is 10.3. The molecule has 0 spiro atoms. The lowest BCUT2D eigenvalue weighted by atomic mass is 10.1. The summed E-state index contributed by atoms with van der Waals surface area (Å²) in [5, 5.41) is 3.65. The fourth-order valence-corrected chi connectivity index (χ4v) is 3.24. The number of para-hydroxylation sites is 2. The third-order valence-corrected chi connectivity index (χ3v) is 4.33. The highest BCUT2D eigenvalue weighted by atomic mass is 15.0. The van der Waals surface area contributed by atoms with Gasteiger partial charge < -0.3 is 10.3 Å². The summed E-state index contributed by atoms with van der Waals surface area (Å²) in [6.45, 7) is 2.95. The van der Waals surface area contributed by atoms with Gasteiger partial charge in [-0.1, -0.05) is 35.9 Å². The number of hydrogen-bond donors (Lipinski definition) is 2. The molecule has 3 heteroatoms. The highest BCUT2D eigenvalue weighted by Gasteiger charge is 2.22. The van der Waals surface area contributed by atoms with Crippen LogP contribution < -0.4 is 5.32 Å². The number of nitrogens with one attached hydrogen (secondary N) is 2. The molecule has 0 bridgehead atoms. The fraction of sp³-hybridized carbons (Fsp3) is 0.278. The van der Waals surface area contributed by atoms with Gasteiger partial charge in [-0.15, -0.1) is 0 Å². The Balaban J connectivity index is 1.52. The van der Waals surface area contributed by atoms with Crippen molar-refractivity contribution in [1.82, 2.24) is 15.3 Å². The molecule has 2 N–H and O–H groups in total. The summed E-state index contributed by atoms with van der Waals surface area (Å²) in [6.07, 6.45) is 2.35. The average molecular weight is 277 g/mol. The summed E-state index contributed by atoms with van der Waals surface area (Å²) in [5.74, 6) is 1.01. The van der Waals surface area contributed by atoms with E-state index in [2.05, 4.69) is 46.5 Å². The Morgan fingerprint density at radius 1 is 1.24 bits per heavy atom. The quantitative estimate of drug-likeness (QED) is 0.767. The van der Waals surface area contributed by atoms with Crippen LogP contribution in [0.5, 0.6) is 0 Å². The predicted molar refractivity (Wildman–Crippen MR) is 85.2 cm³/mol. The summed E-state index contributed by atoms with van der Waals surface area (Å²) >= 11 is 0. The van der Waals surface area contributed by atoms with Crippen LogP contribution in [-0.4, -0.2) is 9.97 Å². The third kappa shape index (κ3) is 2.34. The molecule has 0 aliphatic heterocycles. The van der Waals surface area contributed by atoms with Crippen LogP contribution in [0.2, 0.25) is 0 Å². The fourth-order valence-electron chi connectivity index (χ4n) is 3.24. The van der Waals surface area contributed by atoms with Gasteiger partial charge in [0.15, 0.2) is 0 Å². The van der Waals surface area contributed by atoms with Crippen molar-refractivity contribution in [2.24, 2.45) is 0 Å². The van der Waals surface area contributed by atoms with Gasteiger partial charge in [0.05, 0.1) is 17.6 Å². The lowest BCUT2D eigenvalue weighted by Crippen LogP contribution is -2.19. The second-order valence-electron chi connectivity index (χ2n) is 5.88. The molecule has 1 atom stereocenters. The number of aromatic nitrogens is 2. The molecule has 1 aromatic heterocycles. The van der Waals surface area contributed by atoms with Crippen LogP contribution in [0.25, 0.3) is 11.0 Å². The van der Waals surface area contributed by atoms with E-state index >= 15 is 0 Å². The van der Waals surface area contributed by atoms with Crippen LogP contribution in [-0.2, 0) is 13.0 Å². The van der Waals surface area contributed by atoms with E-state index in [4.69, 9.17) is 0 Å². The molecule has 4 rings (SSSR count). The minimum absolute atomic E-state index is 0.452.